The van der Waals surface area contributed by atoms with Crippen LogP contribution in [0.3, 0.4) is 0 Å². The number of ether oxygens (including phenoxy) is 1. The summed E-state index contributed by atoms with van der Waals surface area (Å²) in [6.07, 6.45) is 0.524. The van der Waals surface area contributed by atoms with Gasteiger partial charge in [-0.1, -0.05) is 30.3 Å². The first-order chi connectivity index (χ1) is 15.8. The number of alkyl halides is 2. The molecule has 2 N–H and O–H groups in total. The molecular weight excluding hydrogens is 430 g/mol. The van der Waals surface area contributed by atoms with Crippen molar-refractivity contribution < 1.29 is 23.1 Å². The summed E-state index contributed by atoms with van der Waals surface area (Å²) in [5.41, 5.74) is 2.21. The standard InChI is InChI=1S/C24H24F2N4O3/c1-30-20-12-17(7-8-19(20)24(25,26)23(30)32)16-5-3-15(4-6-16)11-18(13-27)29-22(31)21-14-28-9-2-10-33-21/h3-8,12,18,21,28H,2,9-11,14H2,1H3,(H,29,31)/t18?,21-/m0/s1. The second-order valence-corrected chi connectivity index (χ2v) is 8.18. The van der Waals surface area contributed by atoms with E-state index >= 15 is 0 Å². The second kappa shape index (κ2) is 9.25. The number of nitrogens with zero attached hydrogens (tertiary/aromatic N) is 2. The van der Waals surface area contributed by atoms with Crippen molar-refractivity contribution in [2.24, 2.45) is 0 Å². The average molecular weight is 454 g/mol. The Balaban J connectivity index is 1.44. The molecular formula is C24H24F2N4O3. The van der Waals surface area contributed by atoms with Gasteiger partial charge in [0.15, 0.2) is 0 Å². The van der Waals surface area contributed by atoms with Gasteiger partial charge in [-0.3, -0.25) is 9.59 Å². The molecule has 7 nitrogen and oxygen atoms in total. The Labute approximate surface area is 190 Å². The number of carbonyl (C=O) groups excluding carboxylic acids is 2. The second-order valence-electron chi connectivity index (χ2n) is 8.18. The topological polar surface area (TPSA) is 94.5 Å². The third kappa shape index (κ3) is 4.58. The van der Waals surface area contributed by atoms with Gasteiger partial charge in [-0.2, -0.15) is 14.0 Å². The molecule has 0 aromatic heterocycles. The van der Waals surface area contributed by atoms with Crippen LogP contribution in [0.15, 0.2) is 42.5 Å². The third-order valence-corrected chi connectivity index (χ3v) is 5.91. The molecule has 0 radical (unpaired) electrons. The number of nitrogens with one attached hydrogen (secondary N) is 2. The summed E-state index contributed by atoms with van der Waals surface area (Å²) in [7, 11) is 1.33. The first kappa shape index (κ1) is 22.8. The van der Waals surface area contributed by atoms with E-state index in [0.29, 0.717) is 25.1 Å². The van der Waals surface area contributed by atoms with Gasteiger partial charge in [-0.15, -0.1) is 0 Å². The van der Waals surface area contributed by atoms with Crippen LogP contribution in [0.1, 0.15) is 17.5 Å². The van der Waals surface area contributed by atoms with Crippen molar-refractivity contribution in [3.8, 4) is 17.2 Å². The van der Waals surface area contributed by atoms with E-state index in [1.165, 1.54) is 13.1 Å². The van der Waals surface area contributed by atoms with Crippen LogP contribution in [-0.2, 0) is 26.7 Å². The Morgan fingerprint density at radius 1 is 1.30 bits per heavy atom. The lowest BCUT2D eigenvalue weighted by atomic mass is 9.98. The van der Waals surface area contributed by atoms with Crippen molar-refractivity contribution in [2.75, 3.05) is 31.6 Å². The van der Waals surface area contributed by atoms with Gasteiger partial charge in [0.25, 0.3) is 5.91 Å². The fourth-order valence-corrected chi connectivity index (χ4v) is 4.04. The van der Waals surface area contributed by atoms with E-state index in [1.807, 2.05) is 24.3 Å². The number of fused-ring (bicyclic) bond motifs is 1. The number of hydrogen-bond donors (Lipinski definition) is 2. The highest BCUT2D eigenvalue weighted by molar-refractivity contribution is 6.06. The summed E-state index contributed by atoms with van der Waals surface area (Å²) >= 11 is 0. The Morgan fingerprint density at radius 2 is 2.03 bits per heavy atom. The zero-order valence-corrected chi connectivity index (χ0v) is 18.1. The smallest absolute Gasteiger partial charge is 0.352 e. The Morgan fingerprint density at radius 3 is 2.76 bits per heavy atom. The molecule has 0 aliphatic carbocycles. The highest BCUT2D eigenvalue weighted by atomic mass is 19.3. The van der Waals surface area contributed by atoms with Crippen molar-refractivity contribution in [2.45, 2.75) is 30.9 Å². The summed E-state index contributed by atoms with van der Waals surface area (Å²) in [6, 6.07) is 13.1. The minimum absolute atomic E-state index is 0.189. The number of nitriles is 1. The van der Waals surface area contributed by atoms with Crippen molar-refractivity contribution in [3.05, 3.63) is 53.6 Å². The number of likely N-dealkylation sites (N-methyl/N-ethyl adjacent to an activating group) is 1. The highest BCUT2D eigenvalue weighted by Gasteiger charge is 2.51. The number of halogens is 2. The first-order valence-corrected chi connectivity index (χ1v) is 10.7. The zero-order chi connectivity index (χ0) is 23.6. The van der Waals surface area contributed by atoms with Gasteiger partial charge in [0, 0.05) is 26.6 Å². The van der Waals surface area contributed by atoms with E-state index in [9.17, 15) is 23.6 Å². The summed E-state index contributed by atoms with van der Waals surface area (Å²) in [6.45, 7) is 1.69. The fraction of sp³-hybridized carbons (Fsp3) is 0.375. The maximum absolute atomic E-state index is 14.1. The van der Waals surface area contributed by atoms with Gasteiger partial charge in [-0.25, -0.2) is 0 Å². The van der Waals surface area contributed by atoms with E-state index in [0.717, 1.165) is 29.0 Å². The predicted octanol–water partition coefficient (Wildman–Crippen LogP) is 2.35. The molecule has 0 spiro atoms. The molecule has 2 amide bonds. The lowest BCUT2D eigenvalue weighted by molar-refractivity contribution is -0.141. The van der Waals surface area contributed by atoms with Crippen molar-refractivity contribution >= 4 is 17.5 Å². The summed E-state index contributed by atoms with van der Waals surface area (Å²) in [5.74, 6) is -5.07. The number of carbonyl (C=O) groups is 2. The van der Waals surface area contributed by atoms with Gasteiger partial charge in [0.2, 0.25) is 0 Å². The lowest BCUT2D eigenvalue weighted by Gasteiger charge is -2.18. The molecule has 2 atom stereocenters. The Bertz CT molecular complexity index is 1090. The molecule has 1 saturated heterocycles. The van der Waals surface area contributed by atoms with Crippen molar-refractivity contribution in [1.29, 1.82) is 5.26 Å². The number of rotatable bonds is 5. The molecule has 4 rings (SSSR count). The largest absolute Gasteiger partial charge is 0.367 e. The molecule has 2 aliphatic rings. The molecule has 2 heterocycles. The summed E-state index contributed by atoms with van der Waals surface area (Å²) in [4.78, 5) is 25.2. The SMILES string of the molecule is CN1C(=O)C(F)(F)c2ccc(-c3ccc(CC(C#N)NC(=O)[C@@H]4CNCCCO4)cc3)cc21. The van der Waals surface area contributed by atoms with Crippen LogP contribution in [0.5, 0.6) is 0 Å². The predicted molar refractivity (Wildman–Crippen MR) is 118 cm³/mol. The third-order valence-electron chi connectivity index (χ3n) is 5.91. The van der Waals surface area contributed by atoms with Crippen LogP contribution in [0.4, 0.5) is 14.5 Å². The first-order valence-electron chi connectivity index (χ1n) is 10.7. The minimum Gasteiger partial charge on any atom is -0.367 e. The van der Waals surface area contributed by atoms with Crippen molar-refractivity contribution in [1.82, 2.24) is 10.6 Å². The molecule has 2 aliphatic heterocycles. The zero-order valence-electron chi connectivity index (χ0n) is 18.1. The molecule has 2 aromatic carbocycles. The Kier molecular flexibility index (Phi) is 6.40. The molecule has 0 bridgehead atoms. The number of hydrogen-bond acceptors (Lipinski definition) is 5. The highest BCUT2D eigenvalue weighted by Crippen LogP contribution is 2.44. The summed E-state index contributed by atoms with van der Waals surface area (Å²) in [5, 5.41) is 15.4. The lowest BCUT2D eigenvalue weighted by Crippen LogP contribution is -2.46. The van der Waals surface area contributed by atoms with Crippen LogP contribution in [0.2, 0.25) is 0 Å². The van der Waals surface area contributed by atoms with Crippen LogP contribution in [-0.4, -0.2) is 50.7 Å². The monoisotopic (exact) mass is 454 g/mol. The molecule has 9 heteroatoms. The fourth-order valence-electron chi connectivity index (χ4n) is 4.04. The van der Waals surface area contributed by atoms with Crippen LogP contribution in [0.25, 0.3) is 11.1 Å². The maximum atomic E-state index is 14.1. The number of anilines is 1. The van der Waals surface area contributed by atoms with Crippen LogP contribution >= 0.6 is 0 Å². The van der Waals surface area contributed by atoms with Crippen LogP contribution in [0, 0.1) is 11.3 Å². The number of benzene rings is 2. The quantitative estimate of drug-likeness (QED) is 0.724. The van der Waals surface area contributed by atoms with E-state index in [4.69, 9.17) is 4.74 Å². The van der Waals surface area contributed by atoms with Crippen LogP contribution < -0.4 is 15.5 Å². The van der Waals surface area contributed by atoms with E-state index in [1.54, 1.807) is 12.1 Å². The molecule has 2 aromatic rings. The molecule has 172 valence electrons. The number of amides is 2. The summed E-state index contributed by atoms with van der Waals surface area (Å²) < 4.78 is 33.7. The molecule has 1 fully saturated rings. The van der Waals surface area contributed by atoms with Gasteiger partial charge in [0.05, 0.1) is 17.3 Å². The maximum Gasteiger partial charge on any atom is 0.352 e. The average Bonchev–Trinajstić information content (AvgIpc) is 3.04. The van der Waals surface area contributed by atoms with Gasteiger partial charge in [0.1, 0.15) is 12.1 Å². The van der Waals surface area contributed by atoms with Gasteiger partial charge < -0.3 is 20.3 Å². The van der Waals surface area contributed by atoms with E-state index in [2.05, 4.69) is 16.7 Å². The van der Waals surface area contributed by atoms with Gasteiger partial charge >= 0.3 is 11.8 Å². The Hall–Kier alpha value is -3.35. The van der Waals surface area contributed by atoms with Crippen molar-refractivity contribution in [3.63, 3.8) is 0 Å². The molecule has 33 heavy (non-hydrogen) atoms. The molecule has 0 saturated carbocycles. The van der Waals surface area contributed by atoms with Gasteiger partial charge in [-0.05, 0) is 41.8 Å². The van der Waals surface area contributed by atoms with E-state index < -0.39 is 24.0 Å². The molecule has 1 unspecified atom stereocenters. The van der Waals surface area contributed by atoms with E-state index in [-0.39, 0.29) is 17.2 Å². The minimum atomic E-state index is -3.51. The normalized spacial score (nSPS) is 20.5.